The molecule has 0 aliphatic carbocycles. The second-order valence-electron chi connectivity index (χ2n) is 4.25. The summed E-state index contributed by atoms with van der Waals surface area (Å²) in [5.41, 5.74) is 0.568. The Hall–Kier alpha value is -2.21. The van der Waals surface area contributed by atoms with E-state index in [-0.39, 0.29) is 16.2 Å². The smallest absolute Gasteiger partial charge is 0.335 e. The zero-order valence-corrected chi connectivity index (χ0v) is 12.0. The summed E-state index contributed by atoms with van der Waals surface area (Å²) < 4.78 is 31.2. The molecule has 1 N–H and O–H groups in total. The number of carboxylic acid groups (broad SMARTS) is 1. The molecule has 0 heterocycles. The molecule has 0 saturated heterocycles. The van der Waals surface area contributed by atoms with Crippen molar-refractivity contribution in [2.45, 2.75) is 10.6 Å². The SMILES string of the molecule is COc1ccccc1CS(=O)c1cc(C(=O)O)ccc1F. The Bertz CT molecular complexity index is 700. The van der Waals surface area contributed by atoms with Gasteiger partial charge in [0, 0.05) is 5.56 Å². The maximum absolute atomic E-state index is 13.8. The lowest BCUT2D eigenvalue weighted by molar-refractivity contribution is 0.0696. The van der Waals surface area contributed by atoms with Crippen LogP contribution >= 0.6 is 0 Å². The van der Waals surface area contributed by atoms with E-state index in [0.717, 1.165) is 18.2 Å². The number of halogens is 1. The quantitative estimate of drug-likeness (QED) is 0.922. The number of benzene rings is 2. The van der Waals surface area contributed by atoms with E-state index in [4.69, 9.17) is 9.84 Å². The molecule has 0 spiro atoms. The first kappa shape index (κ1) is 15.2. The Labute approximate surface area is 123 Å². The van der Waals surface area contributed by atoms with Gasteiger partial charge >= 0.3 is 5.97 Å². The minimum absolute atomic E-state index is 0.0456. The van der Waals surface area contributed by atoms with E-state index in [1.807, 2.05) is 0 Å². The fraction of sp³-hybridized carbons (Fsp3) is 0.133. The van der Waals surface area contributed by atoms with Gasteiger partial charge in [0.15, 0.2) is 0 Å². The zero-order chi connectivity index (χ0) is 15.4. The van der Waals surface area contributed by atoms with Crippen molar-refractivity contribution in [3.05, 3.63) is 59.4 Å². The second kappa shape index (κ2) is 6.49. The van der Waals surface area contributed by atoms with Gasteiger partial charge in [-0.1, -0.05) is 18.2 Å². The summed E-state index contributed by atoms with van der Waals surface area (Å²) in [5.74, 6) is -1.27. The molecule has 6 heteroatoms. The van der Waals surface area contributed by atoms with Crippen LogP contribution in [0.3, 0.4) is 0 Å². The number of ether oxygens (including phenoxy) is 1. The Kier molecular flexibility index (Phi) is 4.70. The van der Waals surface area contributed by atoms with Crippen LogP contribution in [0.4, 0.5) is 4.39 Å². The van der Waals surface area contributed by atoms with E-state index >= 15 is 0 Å². The Morgan fingerprint density at radius 1 is 1.29 bits per heavy atom. The van der Waals surface area contributed by atoms with Crippen molar-refractivity contribution in [2.24, 2.45) is 0 Å². The summed E-state index contributed by atoms with van der Waals surface area (Å²) >= 11 is 0. The topological polar surface area (TPSA) is 63.6 Å². The fourth-order valence-corrected chi connectivity index (χ4v) is 3.07. The molecule has 0 bridgehead atoms. The number of aromatic carboxylic acids is 1. The van der Waals surface area contributed by atoms with E-state index in [9.17, 15) is 13.4 Å². The first-order valence-corrected chi connectivity index (χ1v) is 7.38. The van der Waals surface area contributed by atoms with E-state index in [0.29, 0.717) is 11.3 Å². The third kappa shape index (κ3) is 3.46. The molecule has 1 unspecified atom stereocenters. The number of methoxy groups -OCH3 is 1. The zero-order valence-electron chi connectivity index (χ0n) is 11.2. The molecule has 0 amide bonds. The summed E-state index contributed by atoms with van der Waals surface area (Å²) in [6.45, 7) is 0. The highest BCUT2D eigenvalue weighted by atomic mass is 32.2. The molecule has 4 nitrogen and oxygen atoms in total. The molecule has 2 aromatic carbocycles. The predicted octanol–water partition coefficient (Wildman–Crippen LogP) is 2.84. The molecular weight excluding hydrogens is 295 g/mol. The molecule has 0 aliphatic rings. The van der Waals surface area contributed by atoms with Crippen LogP contribution in [-0.2, 0) is 16.6 Å². The van der Waals surface area contributed by atoms with Gasteiger partial charge in [0.2, 0.25) is 0 Å². The number of carbonyl (C=O) groups is 1. The fourth-order valence-electron chi connectivity index (χ4n) is 1.85. The van der Waals surface area contributed by atoms with Gasteiger partial charge in [-0.15, -0.1) is 0 Å². The third-order valence-electron chi connectivity index (χ3n) is 2.90. The van der Waals surface area contributed by atoms with Gasteiger partial charge in [0.1, 0.15) is 11.6 Å². The molecule has 0 aliphatic heterocycles. The van der Waals surface area contributed by atoms with Gasteiger partial charge in [-0.2, -0.15) is 0 Å². The predicted molar refractivity (Wildman–Crippen MR) is 76.5 cm³/mol. The Morgan fingerprint density at radius 2 is 2.00 bits per heavy atom. The number of para-hydroxylation sites is 1. The number of hydrogen-bond donors (Lipinski definition) is 1. The number of rotatable bonds is 5. The van der Waals surface area contributed by atoms with Crippen LogP contribution in [0.5, 0.6) is 5.75 Å². The van der Waals surface area contributed by atoms with Gasteiger partial charge < -0.3 is 9.84 Å². The van der Waals surface area contributed by atoms with Crippen LogP contribution in [0.25, 0.3) is 0 Å². The van der Waals surface area contributed by atoms with Crippen LogP contribution in [0, 0.1) is 5.82 Å². The van der Waals surface area contributed by atoms with Crippen molar-refractivity contribution >= 4 is 16.8 Å². The van der Waals surface area contributed by atoms with E-state index in [1.54, 1.807) is 24.3 Å². The maximum atomic E-state index is 13.8. The highest BCUT2D eigenvalue weighted by Crippen LogP contribution is 2.23. The van der Waals surface area contributed by atoms with Crippen LogP contribution in [0.1, 0.15) is 15.9 Å². The van der Waals surface area contributed by atoms with E-state index < -0.39 is 22.6 Å². The number of hydrogen-bond acceptors (Lipinski definition) is 3. The van der Waals surface area contributed by atoms with E-state index in [2.05, 4.69) is 0 Å². The number of carboxylic acids is 1. The summed E-state index contributed by atoms with van der Waals surface area (Å²) in [6.07, 6.45) is 0. The lowest BCUT2D eigenvalue weighted by Gasteiger charge is -2.09. The van der Waals surface area contributed by atoms with Crippen LogP contribution in [0.15, 0.2) is 47.4 Å². The summed E-state index contributed by atoms with van der Waals surface area (Å²) in [5, 5.41) is 8.91. The minimum atomic E-state index is -1.70. The van der Waals surface area contributed by atoms with Gasteiger partial charge in [0.25, 0.3) is 0 Å². The lowest BCUT2D eigenvalue weighted by atomic mass is 10.2. The first-order valence-electron chi connectivity index (χ1n) is 6.06. The van der Waals surface area contributed by atoms with Crippen LogP contribution in [0.2, 0.25) is 0 Å². The average molecular weight is 308 g/mol. The molecular formula is C15H13FO4S. The van der Waals surface area contributed by atoms with Gasteiger partial charge in [-0.25, -0.2) is 9.18 Å². The molecule has 0 aromatic heterocycles. The minimum Gasteiger partial charge on any atom is -0.496 e. The third-order valence-corrected chi connectivity index (χ3v) is 4.28. The van der Waals surface area contributed by atoms with Gasteiger partial charge in [-0.3, -0.25) is 4.21 Å². The highest BCUT2D eigenvalue weighted by Gasteiger charge is 2.15. The van der Waals surface area contributed by atoms with Gasteiger partial charge in [-0.05, 0) is 24.3 Å². The summed E-state index contributed by atoms with van der Waals surface area (Å²) in [4.78, 5) is 10.8. The van der Waals surface area contributed by atoms with E-state index in [1.165, 1.54) is 7.11 Å². The normalized spacial score (nSPS) is 11.9. The van der Waals surface area contributed by atoms with Crippen molar-refractivity contribution in [3.63, 3.8) is 0 Å². The lowest BCUT2D eigenvalue weighted by Crippen LogP contribution is -2.04. The Balaban J connectivity index is 2.32. The molecule has 21 heavy (non-hydrogen) atoms. The first-order chi connectivity index (χ1) is 10.0. The Morgan fingerprint density at radius 3 is 2.67 bits per heavy atom. The van der Waals surface area contributed by atoms with Gasteiger partial charge in [0.05, 0.1) is 34.1 Å². The van der Waals surface area contributed by atoms with Crippen molar-refractivity contribution < 1.29 is 23.2 Å². The highest BCUT2D eigenvalue weighted by molar-refractivity contribution is 7.84. The molecule has 0 fully saturated rings. The standard InChI is InChI=1S/C15H13FO4S/c1-20-13-5-3-2-4-11(13)9-21(19)14-8-10(15(17)18)6-7-12(14)16/h2-8H,9H2,1H3,(H,17,18). The molecule has 2 aromatic rings. The molecule has 1 atom stereocenters. The largest absolute Gasteiger partial charge is 0.496 e. The second-order valence-corrected chi connectivity index (χ2v) is 5.67. The van der Waals surface area contributed by atoms with Crippen molar-refractivity contribution in [1.82, 2.24) is 0 Å². The molecule has 0 radical (unpaired) electrons. The maximum Gasteiger partial charge on any atom is 0.335 e. The van der Waals surface area contributed by atoms with Crippen LogP contribution in [-0.4, -0.2) is 22.4 Å². The summed E-state index contributed by atoms with van der Waals surface area (Å²) in [6, 6.07) is 10.2. The summed E-state index contributed by atoms with van der Waals surface area (Å²) in [7, 11) is -0.210. The van der Waals surface area contributed by atoms with Crippen molar-refractivity contribution in [3.8, 4) is 5.75 Å². The molecule has 0 saturated carbocycles. The molecule has 110 valence electrons. The average Bonchev–Trinajstić information content (AvgIpc) is 2.47. The van der Waals surface area contributed by atoms with Crippen molar-refractivity contribution in [1.29, 1.82) is 0 Å². The van der Waals surface area contributed by atoms with Crippen molar-refractivity contribution in [2.75, 3.05) is 7.11 Å². The van der Waals surface area contributed by atoms with Crippen LogP contribution < -0.4 is 4.74 Å². The monoisotopic (exact) mass is 308 g/mol. The molecule has 2 rings (SSSR count).